The summed E-state index contributed by atoms with van der Waals surface area (Å²) in [5.74, 6) is -0.924. The third-order valence-corrected chi connectivity index (χ3v) is 4.88. The number of rotatable bonds is 6. The second-order valence-corrected chi connectivity index (χ2v) is 7.40. The third-order valence-electron chi connectivity index (χ3n) is 3.49. The summed E-state index contributed by atoms with van der Waals surface area (Å²) in [7, 11) is -4.34. The summed E-state index contributed by atoms with van der Waals surface area (Å²) >= 11 is 5.92. The van der Waals surface area contributed by atoms with Gasteiger partial charge in [0.25, 0.3) is 0 Å². The highest BCUT2D eigenvalue weighted by Crippen LogP contribution is 2.50. The van der Waals surface area contributed by atoms with Crippen molar-refractivity contribution in [3.05, 3.63) is 70.7 Å². The Morgan fingerprint density at radius 2 is 1.73 bits per heavy atom. The highest BCUT2D eigenvalue weighted by Gasteiger charge is 2.30. The summed E-state index contributed by atoms with van der Waals surface area (Å²) in [5, 5.41) is 3.43. The summed E-state index contributed by atoms with van der Waals surface area (Å²) < 4.78 is 11.8. The number of benzene rings is 2. The minimum atomic E-state index is -4.34. The van der Waals surface area contributed by atoms with E-state index in [4.69, 9.17) is 11.6 Å². The van der Waals surface area contributed by atoms with E-state index in [1.165, 1.54) is 0 Å². The van der Waals surface area contributed by atoms with E-state index in [-0.39, 0.29) is 5.92 Å². The zero-order valence-corrected chi connectivity index (χ0v) is 13.8. The van der Waals surface area contributed by atoms with Crippen molar-refractivity contribution in [2.24, 2.45) is 0 Å². The first-order chi connectivity index (χ1) is 10.4. The molecule has 0 fully saturated rings. The van der Waals surface area contributed by atoms with Gasteiger partial charge in [0.1, 0.15) is 5.78 Å². The lowest BCUT2D eigenvalue weighted by atomic mass is 10.0. The fourth-order valence-corrected chi connectivity index (χ4v) is 3.39. The Morgan fingerprint density at radius 1 is 1.09 bits per heavy atom. The Labute approximate surface area is 135 Å². The van der Waals surface area contributed by atoms with Crippen LogP contribution < -0.4 is 5.32 Å². The Balaban J connectivity index is 2.13. The van der Waals surface area contributed by atoms with Crippen LogP contribution in [-0.4, -0.2) is 16.3 Å². The van der Waals surface area contributed by atoms with Gasteiger partial charge in [-0.25, -0.2) is 0 Å². The van der Waals surface area contributed by atoms with Gasteiger partial charge in [-0.2, -0.15) is 0 Å². The van der Waals surface area contributed by atoms with Crippen molar-refractivity contribution < 1.29 is 14.4 Å². The normalized spacial score (nSPS) is 14.5. The SMILES string of the molecule is C[C@H](CN[C@H](c1cccc(Cl)c1)P(=O)(O)O)c1ccccc1. The summed E-state index contributed by atoms with van der Waals surface area (Å²) in [6.07, 6.45) is 0. The molecule has 0 radical (unpaired) electrons. The zero-order valence-electron chi connectivity index (χ0n) is 12.2. The quantitative estimate of drug-likeness (QED) is 0.698. The van der Waals surface area contributed by atoms with Crippen LogP contribution in [0.4, 0.5) is 0 Å². The maximum absolute atomic E-state index is 11.8. The number of hydrogen-bond donors (Lipinski definition) is 3. The van der Waals surface area contributed by atoms with Crippen LogP contribution in [0.5, 0.6) is 0 Å². The average molecular weight is 340 g/mol. The van der Waals surface area contributed by atoms with Crippen LogP contribution in [-0.2, 0) is 4.57 Å². The van der Waals surface area contributed by atoms with E-state index in [0.29, 0.717) is 17.1 Å². The molecule has 0 amide bonds. The average Bonchev–Trinajstić information content (AvgIpc) is 2.47. The zero-order chi connectivity index (χ0) is 16.2. The minimum Gasteiger partial charge on any atom is -0.323 e. The van der Waals surface area contributed by atoms with Gasteiger partial charge in [0, 0.05) is 11.6 Å². The molecule has 0 saturated carbocycles. The fourth-order valence-electron chi connectivity index (χ4n) is 2.30. The van der Waals surface area contributed by atoms with Gasteiger partial charge in [-0.05, 0) is 29.2 Å². The van der Waals surface area contributed by atoms with Gasteiger partial charge in [-0.1, -0.05) is 61.0 Å². The van der Waals surface area contributed by atoms with E-state index < -0.39 is 13.4 Å². The summed E-state index contributed by atoms with van der Waals surface area (Å²) in [6, 6.07) is 16.4. The van der Waals surface area contributed by atoms with Crippen LogP contribution in [0.2, 0.25) is 5.02 Å². The Kier molecular flexibility index (Phi) is 5.79. The Hall–Kier alpha value is -1.16. The van der Waals surface area contributed by atoms with E-state index in [1.807, 2.05) is 37.3 Å². The smallest absolute Gasteiger partial charge is 0.323 e. The molecule has 0 aliphatic heterocycles. The van der Waals surface area contributed by atoms with Crippen LogP contribution in [0.1, 0.15) is 29.8 Å². The van der Waals surface area contributed by atoms with Gasteiger partial charge >= 0.3 is 7.60 Å². The number of nitrogens with one attached hydrogen (secondary N) is 1. The highest BCUT2D eigenvalue weighted by atomic mass is 35.5. The monoisotopic (exact) mass is 339 g/mol. The number of halogens is 1. The summed E-state index contributed by atoms with van der Waals surface area (Å²) in [4.78, 5) is 19.2. The summed E-state index contributed by atoms with van der Waals surface area (Å²) in [5.41, 5.74) is 1.60. The lowest BCUT2D eigenvalue weighted by molar-refractivity contribution is 0.346. The molecule has 6 heteroatoms. The molecule has 0 heterocycles. The second-order valence-electron chi connectivity index (χ2n) is 5.27. The largest absolute Gasteiger partial charge is 0.346 e. The van der Waals surface area contributed by atoms with Gasteiger partial charge in [-0.3, -0.25) is 9.88 Å². The van der Waals surface area contributed by atoms with Crippen molar-refractivity contribution in [2.75, 3.05) is 6.54 Å². The molecule has 0 aliphatic carbocycles. The molecule has 118 valence electrons. The van der Waals surface area contributed by atoms with E-state index in [1.54, 1.807) is 24.3 Å². The molecule has 0 aromatic heterocycles. The lowest BCUT2D eigenvalue weighted by Gasteiger charge is -2.23. The van der Waals surface area contributed by atoms with Crippen LogP contribution in [0, 0.1) is 0 Å². The maximum Gasteiger partial charge on any atom is 0.346 e. The third kappa shape index (κ3) is 4.67. The molecule has 3 N–H and O–H groups in total. The molecule has 22 heavy (non-hydrogen) atoms. The van der Waals surface area contributed by atoms with Crippen molar-refractivity contribution in [2.45, 2.75) is 18.6 Å². The van der Waals surface area contributed by atoms with Crippen molar-refractivity contribution in [1.29, 1.82) is 0 Å². The van der Waals surface area contributed by atoms with Crippen LogP contribution in [0.15, 0.2) is 54.6 Å². The Morgan fingerprint density at radius 3 is 2.32 bits per heavy atom. The van der Waals surface area contributed by atoms with Crippen molar-refractivity contribution in [1.82, 2.24) is 5.32 Å². The van der Waals surface area contributed by atoms with Gasteiger partial charge in [0.2, 0.25) is 0 Å². The van der Waals surface area contributed by atoms with Gasteiger partial charge < -0.3 is 9.79 Å². The van der Waals surface area contributed by atoms with E-state index in [9.17, 15) is 14.4 Å². The van der Waals surface area contributed by atoms with Crippen LogP contribution in [0.25, 0.3) is 0 Å². The molecule has 4 nitrogen and oxygen atoms in total. The van der Waals surface area contributed by atoms with Crippen LogP contribution >= 0.6 is 19.2 Å². The first kappa shape index (κ1) is 17.2. The molecule has 0 spiro atoms. The summed E-state index contributed by atoms with van der Waals surface area (Å²) in [6.45, 7) is 2.46. The molecule has 0 aliphatic rings. The molecule has 2 aromatic carbocycles. The molecule has 2 rings (SSSR count). The molecule has 2 atom stereocenters. The van der Waals surface area contributed by atoms with Gasteiger partial charge in [0.15, 0.2) is 0 Å². The molecular weight excluding hydrogens is 321 g/mol. The highest BCUT2D eigenvalue weighted by molar-refractivity contribution is 7.52. The predicted molar refractivity (Wildman–Crippen MR) is 89.1 cm³/mol. The topological polar surface area (TPSA) is 69.6 Å². The molecule has 0 saturated heterocycles. The first-order valence-corrected chi connectivity index (χ1v) is 9.03. The maximum atomic E-state index is 11.8. The van der Waals surface area contributed by atoms with Crippen molar-refractivity contribution in [3.8, 4) is 0 Å². The van der Waals surface area contributed by atoms with Gasteiger partial charge in [-0.15, -0.1) is 0 Å². The van der Waals surface area contributed by atoms with E-state index in [0.717, 1.165) is 5.56 Å². The second kappa shape index (κ2) is 7.40. The minimum absolute atomic E-state index is 0.134. The lowest BCUT2D eigenvalue weighted by Crippen LogP contribution is -2.25. The molecule has 0 bridgehead atoms. The standard InChI is InChI=1S/C16H19ClNO3P/c1-12(13-6-3-2-4-7-13)11-18-16(22(19,20)21)14-8-5-9-15(17)10-14/h2-10,12,16,18H,11H2,1H3,(H2,19,20,21)/t12-,16+/m1/s1. The van der Waals surface area contributed by atoms with Crippen molar-refractivity contribution in [3.63, 3.8) is 0 Å². The fraction of sp³-hybridized carbons (Fsp3) is 0.250. The molecular formula is C16H19ClNO3P. The van der Waals surface area contributed by atoms with E-state index in [2.05, 4.69) is 5.32 Å². The van der Waals surface area contributed by atoms with Crippen molar-refractivity contribution >= 4 is 19.2 Å². The molecule has 0 unspecified atom stereocenters. The van der Waals surface area contributed by atoms with Gasteiger partial charge in [0.05, 0.1) is 0 Å². The first-order valence-electron chi connectivity index (χ1n) is 6.97. The van der Waals surface area contributed by atoms with Crippen LogP contribution in [0.3, 0.4) is 0 Å². The predicted octanol–water partition coefficient (Wildman–Crippen LogP) is 3.91. The molecule has 2 aromatic rings. The van der Waals surface area contributed by atoms with E-state index >= 15 is 0 Å². The number of hydrogen-bond acceptors (Lipinski definition) is 2. The Bertz CT molecular complexity index is 659.